The standard InChI is InChI=1S/C15H12ClN3O3/c16-9-2-1-3-11(6-9)22-8-13-18-14(15(20)21)12-5-4-10(17)7-19(12)13/h1-7H,8,17H2,(H,20,21). The highest BCUT2D eigenvalue weighted by atomic mass is 35.5. The van der Waals surface area contributed by atoms with Gasteiger partial charge in [0.25, 0.3) is 0 Å². The van der Waals surface area contributed by atoms with Gasteiger partial charge < -0.3 is 15.6 Å². The number of aromatic carboxylic acids is 1. The van der Waals surface area contributed by atoms with E-state index in [0.29, 0.717) is 27.8 Å². The fourth-order valence-corrected chi connectivity index (χ4v) is 2.31. The van der Waals surface area contributed by atoms with Crippen molar-refractivity contribution in [2.45, 2.75) is 6.61 Å². The SMILES string of the molecule is Nc1ccc2c(C(=O)O)nc(COc3cccc(Cl)c3)n2c1. The molecule has 0 aliphatic carbocycles. The number of imidazole rings is 1. The molecule has 0 radical (unpaired) electrons. The van der Waals surface area contributed by atoms with E-state index >= 15 is 0 Å². The third-order valence-corrected chi connectivity index (χ3v) is 3.33. The van der Waals surface area contributed by atoms with Crippen molar-refractivity contribution in [3.8, 4) is 5.75 Å². The molecule has 2 aromatic heterocycles. The number of ether oxygens (including phenoxy) is 1. The number of anilines is 1. The molecule has 6 nitrogen and oxygen atoms in total. The van der Waals surface area contributed by atoms with Crippen LogP contribution in [0, 0.1) is 0 Å². The summed E-state index contributed by atoms with van der Waals surface area (Å²) in [5.74, 6) is -0.0824. The molecule has 7 heteroatoms. The molecule has 3 N–H and O–H groups in total. The zero-order valence-corrected chi connectivity index (χ0v) is 12.1. The average molecular weight is 318 g/mol. The van der Waals surface area contributed by atoms with Crippen molar-refractivity contribution in [3.63, 3.8) is 0 Å². The van der Waals surface area contributed by atoms with Crippen LogP contribution in [0.15, 0.2) is 42.6 Å². The molecule has 0 bridgehead atoms. The van der Waals surface area contributed by atoms with Gasteiger partial charge in [0.1, 0.15) is 12.4 Å². The fraction of sp³-hybridized carbons (Fsp3) is 0.0667. The molecule has 0 aliphatic heterocycles. The number of benzene rings is 1. The molecule has 0 saturated heterocycles. The summed E-state index contributed by atoms with van der Waals surface area (Å²) in [6.45, 7) is 0.0955. The van der Waals surface area contributed by atoms with Gasteiger partial charge in [0, 0.05) is 16.9 Å². The van der Waals surface area contributed by atoms with E-state index in [2.05, 4.69) is 4.98 Å². The number of fused-ring (bicyclic) bond motifs is 1. The van der Waals surface area contributed by atoms with E-state index in [1.54, 1.807) is 47.0 Å². The largest absolute Gasteiger partial charge is 0.486 e. The number of hydrogen-bond acceptors (Lipinski definition) is 4. The molecule has 3 aromatic rings. The van der Waals surface area contributed by atoms with Crippen LogP contribution in [0.1, 0.15) is 16.3 Å². The highest BCUT2D eigenvalue weighted by Gasteiger charge is 2.17. The van der Waals surface area contributed by atoms with Crippen LogP contribution in [0.3, 0.4) is 0 Å². The summed E-state index contributed by atoms with van der Waals surface area (Å²) < 4.78 is 7.23. The lowest BCUT2D eigenvalue weighted by Crippen LogP contribution is -2.02. The van der Waals surface area contributed by atoms with Gasteiger partial charge in [0.2, 0.25) is 0 Å². The predicted molar refractivity (Wildman–Crippen MR) is 82.3 cm³/mol. The third-order valence-electron chi connectivity index (χ3n) is 3.10. The van der Waals surface area contributed by atoms with Crippen molar-refractivity contribution >= 4 is 28.8 Å². The Kier molecular flexibility index (Phi) is 3.60. The van der Waals surface area contributed by atoms with Crippen LogP contribution in [0.4, 0.5) is 5.69 Å². The van der Waals surface area contributed by atoms with Crippen LogP contribution in [-0.2, 0) is 6.61 Å². The lowest BCUT2D eigenvalue weighted by molar-refractivity contribution is 0.0693. The van der Waals surface area contributed by atoms with Crippen LogP contribution >= 0.6 is 11.6 Å². The van der Waals surface area contributed by atoms with Crippen molar-refractivity contribution in [1.29, 1.82) is 0 Å². The van der Waals surface area contributed by atoms with E-state index in [0.717, 1.165) is 0 Å². The van der Waals surface area contributed by atoms with Gasteiger partial charge in [-0.2, -0.15) is 0 Å². The Labute approximate surface area is 130 Å². The third kappa shape index (κ3) is 2.68. The number of rotatable bonds is 4. The second-order valence-corrected chi connectivity index (χ2v) is 5.08. The lowest BCUT2D eigenvalue weighted by atomic mass is 10.3. The van der Waals surface area contributed by atoms with E-state index in [1.165, 1.54) is 0 Å². The summed E-state index contributed by atoms with van der Waals surface area (Å²) in [6.07, 6.45) is 1.62. The van der Waals surface area contributed by atoms with Gasteiger partial charge in [-0.3, -0.25) is 4.40 Å². The van der Waals surface area contributed by atoms with Crippen LogP contribution in [0.5, 0.6) is 5.75 Å². The van der Waals surface area contributed by atoms with Crippen molar-refractivity contribution in [2.75, 3.05) is 5.73 Å². The molecule has 0 aliphatic rings. The second kappa shape index (κ2) is 5.57. The van der Waals surface area contributed by atoms with Crippen molar-refractivity contribution < 1.29 is 14.6 Å². The number of nitrogen functional groups attached to an aromatic ring is 1. The number of halogens is 1. The van der Waals surface area contributed by atoms with Crippen LogP contribution in [-0.4, -0.2) is 20.5 Å². The van der Waals surface area contributed by atoms with E-state index in [1.807, 2.05) is 0 Å². The zero-order chi connectivity index (χ0) is 15.7. The first-order chi connectivity index (χ1) is 10.5. The predicted octanol–water partition coefficient (Wildman–Crippen LogP) is 2.85. The number of carboxylic acids is 1. The molecule has 0 saturated carbocycles. The second-order valence-electron chi connectivity index (χ2n) is 4.65. The molecule has 0 spiro atoms. The lowest BCUT2D eigenvalue weighted by Gasteiger charge is -2.06. The highest BCUT2D eigenvalue weighted by molar-refractivity contribution is 6.30. The summed E-state index contributed by atoms with van der Waals surface area (Å²) >= 11 is 5.89. The fourth-order valence-electron chi connectivity index (χ4n) is 2.13. The first kappa shape index (κ1) is 14.2. The molecule has 0 atom stereocenters. The van der Waals surface area contributed by atoms with E-state index in [9.17, 15) is 9.90 Å². The number of nitrogens with two attached hydrogens (primary N) is 1. The Morgan fingerprint density at radius 2 is 2.18 bits per heavy atom. The Bertz CT molecular complexity index is 860. The quantitative estimate of drug-likeness (QED) is 0.772. The summed E-state index contributed by atoms with van der Waals surface area (Å²) in [4.78, 5) is 15.4. The number of carboxylic acid groups (broad SMARTS) is 1. The van der Waals surface area contributed by atoms with Crippen LogP contribution < -0.4 is 10.5 Å². The molecule has 0 amide bonds. The van der Waals surface area contributed by atoms with Gasteiger partial charge in [-0.25, -0.2) is 9.78 Å². The summed E-state index contributed by atoms with van der Waals surface area (Å²) in [5, 5.41) is 9.78. The zero-order valence-electron chi connectivity index (χ0n) is 11.4. The molecular formula is C15H12ClN3O3. The number of pyridine rings is 1. The number of nitrogens with zero attached hydrogens (tertiary/aromatic N) is 2. The Morgan fingerprint density at radius 3 is 2.91 bits per heavy atom. The minimum atomic E-state index is -1.10. The molecule has 0 unspecified atom stereocenters. The molecule has 1 aromatic carbocycles. The minimum Gasteiger partial charge on any atom is -0.486 e. The maximum Gasteiger partial charge on any atom is 0.356 e. The van der Waals surface area contributed by atoms with Gasteiger partial charge >= 0.3 is 5.97 Å². The first-order valence-electron chi connectivity index (χ1n) is 6.43. The maximum atomic E-state index is 11.3. The van der Waals surface area contributed by atoms with E-state index in [4.69, 9.17) is 22.1 Å². The molecule has 112 valence electrons. The normalized spacial score (nSPS) is 10.8. The Balaban J connectivity index is 1.96. The molecule has 3 rings (SSSR count). The van der Waals surface area contributed by atoms with Crippen molar-refractivity contribution in [1.82, 2.24) is 9.38 Å². The van der Waals surface area contributed by atoms with E-state index in [-0.39, 0.29) is 12.3 Å². The molecule has 0 fully saturated rings. The highest BCUT2D eigenvalue weighted by Crippen LogP contribution is 2.20. The van der Waals surface area contributed by atoms with Crippen LogP contribution in [0.2, 0.25) is 5.02 Å². The smallest absolute Gasteiger partial charge is 0.356 e. The Morgan fingerprint density at radius 1 is 1.36 bits per heavy atom. The number of carbonyl (C=O) groups is 1. The summed E-state index contributed by atoms with van der Waals surface area (Å²) in [7, 11) is 0. The van der Waals surface area contributed by atoms with E-state index < -0.39 is 5.97 Å². The Hall–Kier alpha value is -2.73. The maximum absolute atomic E-state index is 11.3. The van der Waals surface area contributed by atoms with Gasteiger partial charge in [0.05, 0.1) is 5.52 Å². The first-order valence-corrected chi connectivity index (χ1v) is 6.80. The summed E-state index contributed by atoms with van der Waals surface area (Å²) in [6, 6.07) is 10.2. The van der Waals surface area contributed by atoms with Gasteiger partial charge in [-0.15, -0.1) is 0 Å². The molecular weight excluding hydrogens is 306 g/mol. The molecule has 2 heterocycles. The van der Waals surface area contributed by atoms with Crippen LogP contribution in [0.25, 0.3) is 5.52 Å². The number of hydrogen-bond donors (Lipinski definition) is 2. The average Bonchev–Trinajstić information content (AvgIpc) is 2.83. The molecule has 22 heavy (non-hydrogen) atoms. The monoisotopic (exact) mass is 317 g/mol. The summed E-state index contributed by atoms with van der Waals surface area (Å²) in [5.41, 5.74) is 6.68. The number of aromatic nitrogens is 2. The van der Waals surface area contributed by atoms with Gasteiger partial charge in [-0.05, 0) is 30.3 Å². The van der Waals surface area contributed by atoms with Gasteiger partial charge in [-0.1, -0.05) is 17.7 Å². The van der Waals surface area contributed by atoms with Gasteiger partial charge in [0.15, 0.2) is 11.5 Å². The van der Waals surface area contributed by atoms with Crippen molar-refractivity contribution in [2.24, 2.45) is 0 Å². The topological polar surface area (TPSA) is 89.9 Å². The minimum absolute atomic E-state index is 0.0373. The van der Waals surface area contributed by atoms with Crippen molar-refractivity contribution in [3.05, 3.63) is 59.1 Å².